The molecule has 0 heterocycles. The lowest BCUT2D eigenvalue weighted by Crippen LogP contribution is -2.37. The smallest absolute Gasteiger partial charge is 0.241 e. The van der Waals surface area contributed by atoms with Gasteiger partial charge in [0, 0.05) is 4.47 Å². The lowest BCUT2D eigenvalue weighted by Gasteiger charge is -2.13. The number of phenolic OH excluding ortho intramolecular Hbond substituents is 1. The van der Waals surface area contributed by atoms with Crippen LogP contribution in [0.5, 0.6) is 5.75 Å². The molecule has 4 nitrogen and oxygen atoms in total. The Morgan fingerprint density at radius 1 is 1.29 bits per heavy atom. The van der Waals surface area contributed by atoms with Gasteiger partial charge in [0.25, 0.3) is 0 Å². The lowest BCUT2D eigenvalue weighted by molar-refractivity contribution is -0.117. The minimum atomic E-state index is -0.704. The average molecular weight is 370 g/mol. The van der Waals surface area contributed by atoms with Crippen LogP contribution in [-0.4, -0.2) is 17.1 Å². The van der Waals surface area contributed by atoms with Gasteiger partial charge in [-0.05, 0) is 42.3 Å². The Labute approximate surface area is 136 Å². The SMILES string of the molecule is NC(Cc1ccc(O)cc1)C(=O)Nc1cc(Br)ccc1Cl. The molecule has 2 aromatic carbocycles. The van der Waals surface area contributed by atoms with E-state index < -0.39 is 6.04 Å². The van der Waals surface area contributed by atoms with Gasteiger partial charge in [0.2, 0.25) is 5.91 Å². The number of nitrogens with two attached hydrogens (primary N) is 1. The molecule has 0 spiro atoms. The molecule has 21 heavy (non-hydrogen) atoms. The number of anilines is 1. The van der Waals surface area contributed by atoms with Crippen LogP contribution >= 0.6 is 27.5 Å². The van der Waals surface area contributed by atoms with E-state index in [0.29, 0.717) is 17.1 Å². The molecule has 1 amide bonds. The Kier molecular flexibility index (Phi) is 5.22. The molecule has 2 aromatic rings. The Morgan fingerprint density at radius 3 is 2.62 bits per heavy atom. The van der Waals surface area contributed by atoms with E-state index in [2.05, 4.69) is 21.2 Å². The van der Waals surface area contributed by atoms with Crippen LogP contribution in [0.4, 0.5) is 5.69 Å². The molecular weight excluding hydrogens is 356 g/mol. The van der Waals surface area contributed by atoms with Crippen molar-refractivity contribution in [1.29, 1.82) is 0 Å². The Balaban J connectivity index is 2.02. The van der Waals surface area contributed by atoms with E-state index >= 15 is 0 Å². The maximum Gasteiger partial charge on any atom is 0.241 e. The van der Waals surface area contributed by atoms with Crippen molar-refractivity contribution >= 4 is 39.1 Å². The van der Waals surface area contributed by atoms with Gasteiger partial charge in [0.15, 0.2) is 0 Å². The van der Waals surface area contributed by atoms with Gasteiger partial charge in [0.1, 0.15) is 5.75 Å². The van der Waals surface area contributed by atoms with Crippen molar-refractivity contribution in [3.8, 4) is 5.75 Å². The van der Waals surface area contributed by atoms with Crippen LogP contribution in [0.3, 0.4) is 0 Å². The average Bonchev–Trinajstić information content (AvgIpc) is 2.45. The fourth-order valence-electron chi connectivity index (χ4n) is 1.80. The predicted octanol–water partition coefficient (Wildman–Crippen LogP) is 3.32. The van der Waals surface area contributed by atoms with Crippen molar-refractivity contribution in [2.45, 2.75) is 12.5 Å². The third kappa shape index (κ3) is 4.46. The van der Waals surface area contributed by atoms with Crippen LogP contribution in [0.2, 0.25) is 5.02 Å². The molecule has 0 fully saturated rings. The molecule has 1 atom stereocenters. The third-order valence-electron chi connectivity index (χ3n) is 2.92. The van der Waals surface area contributed by atoms with Gasteiger partial charge in [-0.1, -0.05) is 39.7 Å². The molecule has 0 radical (unpaired) electrons. The lowest BCUT2D eigenvalue weighted by atomic mass is 10.1. The van der Waals surface area contributed by atoms with Crippen LogP contribution in [0, 0.1) is 0 Å². The quantitative estimate of drug-likeness (QED) is 0.774. The van der Waals surface area contributed by atoms with Crippen LogP contribution < -0.4 is 11.1 Å². The van der Waals surface area contributed by atoms with Gasteiger partial charge in [-0.2, -0.15) is 0 Å². The minimum absolute atomic E-state index is 0.178. The highest BCUT2D eigenvalue weighted by molar-refractivity contribution is 9.10. The van der Waals surface area contributed by atoms with Crippen LogP contribution in [-0.2, 0) is 11.2 Å². The Hall–Kier alpha value is -1.56. The summed E-state index contributed by atoms with van der Waals surface area (Å²) in [5.41, 5.74) is 7.28. The predicted molar refractivity (Wildman–Crippen MR) is 87.6 cm³/mol. The summed E-state index contributed by atoms with van der Waals surface area (Å²) < 4.78 is 0.814. The van der Waals surface area contributed by atoms with Gasteiger partial charge in [-0.3, -0.25) is 4.79 Å². The molecule has 1 unspecified atom stereocenters. The van der Waals surface area contributed by atoms with Gasteiger partial charge in [-0.25, -0.2) is 0 Å². The first-order chi connectivity index (χ1) is 9.95. The number of carbonyl (C=O) groups excluding carboxylic acids is 1. The van der Waals surface area contributed by atoms with Gasteiger partial charge >= 0.3 is 0 Å². The number of halogens is 2. The summed E-state index contributed by atoms with van der Waals surface area (Å²) >= 11 is 9.34. The minimum Gasteiger partial charge on any atom is -0.508 e. The second kappa shape index (κ2) is 6.93. The van der Waals surface area contributed by atoms with Crippen molar-refractivity contribution in [2.24, 2.45) is 5.73 Å². The van der Waals surface area contributed by atoms with E-state index in [1.54, 1.807) is 42.5 Å². The van der Waals surface area contributed by atoms with E-state index in [4.69, 9.17) is 17.3 Å². The summed E-state index contributed by atoms with van der Waals surface area (Å²) in [7, 11) is 0. The number of amides is 1. The Morgan fingerprint density at radius 2 is 1.95 bits per heavy atom. The molecule has 0 saturated heterocycles. The molecule has 2 rings (SSSR count). The molecule has 0 bridgehead atoms. The normalized spacial score (nSPS) is 12.0. The number of hydrogen-bond donors (Lipinski definition) is 3. The zero-order valence-electron chi connectivity index (χ0n) is 11.0. The van der Waals surface area contributed by atoms with Crippen molar-refractivity contribution in [3.05, 3.63) is 57.5 Å². The molecule has 0 aliphatic carbocycles. The number of rotatable bonds is 4. The molecule has 0 aliphatic rings. The molecular formula is C15H14BrClN2O2. The summed E-state index contributed by atoms with van der Waals surface area (Å²) in [6.07, 6.45) is 0.373. The monoisotopic (exact) mass is 368 g/mol. The maximum atomic E-state index is 12.1. The zero-order chi connectivity index (χ0) is 15.4. The van der Waals surface area contributed by atoms with E-state index in [-0.39, 0.29) is 11.7 Å². The summed E-state index contributed by atoms with van der Waals surface area (Å²) in [4.78, 5) is 12.1. The molecule has 4 N–H and O–H groups in total. The van der Waals surface area contributed by atoms with Crippen LogP contribution in [0.15, 0.2) is 46.9 Å². The second-order valence-corrected chi connectivity index (χ2v) is 5.91. The number of benzene rings is 2. The number of carbonyl (C=O) groups is 1. The van der Waals surface area contributed by atoms with Gasteiger partial charge < -0.3 is 16.2 Å². The third-order valence-corrected chi connectivity index (χ3v) is 3.74. The molecule has 0 aliphatic heterocycles. The largest absolute Gasteiger partial charge is 0.508 e. The van der Waals surface area contributed by atoms with Crippen LogP contribution in [0.25, 0.3) is 0 Å². The van der Waals surface area contributed by atoms with Crippen molar-refractivity contribution < 1.29 is 9.90 Å². The van der Waals surface area contributed by atoms with E-state index in [1.165, 1.54) is 0 Å². The van der Waals surface area contributed by atoms with E-state index in [9.17, 15) is 9.90 Å². The van der Waals surface area contributed by atoms with Gasteiger partial charge in [-0.15, -0.1) is 0 Å². The fourth-order valence-corrected chi connectivity index (χ4v) is 2.32. The van der Waals surface area contributed by atoms with Gasteiger partial charge in [0.05, 0.1) is 16.8 Å². The summed E-state index contributed by atoms with van der Waals surface area (Å²) in [6.45, 7) is 0. The topological polar surface area (TPSA) is 75.3 Å². The molecule has 110 valence electrons. The summed E-state index contributed by atoms with van der Waals surface area (Å²) in [6, 6.07) is 11.1. The Bertz CT molecular complexity index is 647. The number of aromatic hydroxyl groups is 1. The van der Waals surface area contributed by atoms with Crippen molar-refractivity contribution in [3.63, 3.8) is 0 Å². The first kappa shape index (κ1) is 15.8. The molecule has 6 heteroatoms. The summed E-state index contributed by atoms with van der Waals surface area (Å²) in [5, 5.41) is 12.4. The number of phenols is 1. The molecule has 0 aromatic heterocycles. The van der Waals surface area contributed by atoms with Crippen molar-refractivity contribution in [1.82, 2.24) is 0 Å². The highest BCUT2D eigenvalue weighted by atomic mass is 79.9. The first-order valence-electron chi connectivity index (χ1n) is 6.25. The van der Waals surface area contributed by atoms with Crippen molar-refractivity contribution in [2.75, 3.05) is 5.32 Å². The maximum absolute atomic E-state index is 12.1. The highest BCUT2D eigenvalue weighted by Gasteiger charge is 2.15. The first-order valence-corrected chi connectivity index (χ1v) is 7.42. The van der Waals surface area contributed by atoms with E-state index in [1.807, 2.05) is 0 Å². The second-order valence-electron chi connectivity index (χ2n) is 4.59. The standard InChI is InChI=1S/C15H14BrClN2O2/c16-10-3-6-12(17)14(8-10)19-15(21)13(18)7-9-1-4-11(20)5-2-9/h1-6,8,13,20H,7,18H2,(H,19,21). The highest BCUT2D eigenvalue weighted by Crippen LogP contribution is 2.25. The number of nitrogens with one attached hydrogen (secondary N) is 1. The van der Waals surface area contributed by atoms with E-state index in [0.717, 1.165) is 10.0 Å². The number of hydrogen-bond acceptors (Lipinski definition) is 3. The molecule has 0 saturated carbocycles. The summed E-state index contributed by atoms with van der Waals surface area (Å²) in [5.74, 6) is -0.138. The zero-order valence-corrected chi connectivity index (χ0v) is 13.4. The van der Waals surface area contributed by atoms with Crippen LogP contribution in [0.1, 0.15) is 5.56 Å². The fraction of sp³-hybridized carbons (Fsp3) is 0.133.